The number of hydrogen-bond donors (Lipinski definition) is 3. The van der Waals surface area contributed by atoms with Crippen molar-refractivity contribution >= 4 is 17.5 Å². The Hall–Kier alpha value is -5.12. The van der Waals surface area contributed by atoms with Gasteiger partial charge in [0, 0.05) is 33.9 Å². The monoisotopic (exact) mass is 746 g/mol. The normalized spacial score (nSPS) is 22.5. The number of carbonyl (C=O) groups excluding carboxylic acids is 2. The molecule has 0 radical (unpaired) electrons. The van der Waals surface area contributed by atoms with Crippen molar-refractivity contribution in [2.75, 3.05) is 33.2 Å². The van der Waals surface area contributed by atoms with Gasteiger partial charge in [-0.25, -0.2) is 4.79 Å². The number of anilines is 1. The van der Waals surface area contributed by atoms with Gasteiger partial charge < -0.3 is 34.6 Å². The fourth-order valence-corrected chi connectivity index (χ4v) is 8.52. The first-order valence-electron chi connectivity index (χ1n) is 19.2. The Labute approximate surface area is 324 Å². The predicted octanol–water partition coefficient (Wildman–Crippen LogP) is 8.72. The summed E-state index contributed by atoms with van der Waals surface area (Å²) in [6, 6.07) is 27.6. The number of hydrogen-bond acceptors (Lipinski definition) is 7. The first kappa shape index (κ1) is 39.6. The zero-order valence-electron chi connectivity index (χ0n) is 32.6. The maximum absolute atomic E-state index is 14.5. The molecule has 0 heterocycles. The van der Waals surface area contributed by atoms with Gasteiger partial charge in [-0.2, -0.15) is 0 Å². The number of urea groups is 1. The molecule has 55 heavy (non-hydrogen) atoms. The zero-order valence-corrected chi connectivity index (χ0v) is 32.6. The van der Waals surface area contributed by atoms with Crippen molar-refractivity contribution < 1.29 is 34.0 Å². The van der Waals surface area contributed by atoms with E-state index in [1.807, 2.05) is 60.7 Å². The first-order chi connectivity index (χ1) is 26.5. The van der Waals surface area contributed by atoms with Crippen molar-refractivity contribution in [3.63, 3.8) is 0 Å². The molecule has 9 heteroatoms. The number of ether oxygens (including phenoxy) is 3. The van der Waals surface area contributed by atoms with E-state index < -0.39 is 17.1 Å². The Morgan fingerprint density at radius 3 is 2.31 bits per heavy atom. The van der Waals surface area contributed by atoms with Gasteiger partial charge in [0.2, 0.25) is 0 Å². The average molecular weight is 747 g/mol. The lowest BCUT2D eigenvalue weighted by atomic mass is 9.64. The lowest BCUT2D eigenvalue weighted by molar-refractivity contribution is -0.0773. The Morgan fingerprint density at radius 1 is 0.873 bits per heavy atom. The molecule has 290 valence electrons. The van der Waals surface area contributed by atoms with Crippen molar-refractivity contribution in [3.05, 3.63) is 130 Å². The van der Waals surface area contributed by atoms with Crippen LogP contribution in [0.4, 0.5) is 10.5 Å². The second-order valence-corrected chi connectivity index (χ2v) is 15.3. The number of ketones is 1. The van der Waals surface area contributed by atoms with Crippen molar-refractivity contribution in [1.82, 2.24) is 4.90 Å². The predicted molar refractivity (Wildman–Crippen MR) is 215 cm³/mol. The van der Waals surface area contributed by atoms with E-state index in [0.717, 1.165) is 23.1 Å². The lowest BCUT2D eigenvalue weighted by Crippen LogP contribution is -2.54. The number of benzene rings is 4. The molecule has 2 bridgehead atoms. The molecule has 7 rings (SSSR count). The third-order valence-corrected chi connectivity index (χ3v) is 11.9. The Bertz CT molecular complexity index is 2000. The number of allylic oxidation sites excluding steroid dienone is 2. The highest BCUT2D eigenvalue weighted by atomic mass is 16.5. The van der Waals surface area contributed by atoms with Crippen molar-refractivity contribution in [1.29, 1.82) is 0 Å². The summed E-state index contributed by atoms with van der Waals surface area (Å²) in [6.45, 7) is 4.44. The summed E-state index contributed by atoms with van der Waals surface area (Å²) < 4.78 is 16.5. The Kier molecular flexibility index (Phi) is 12.3. The standard InChI is InChI=1S/C46H54N2O7/c1-31-10-9-24-45(2)41(39-22-14-32(26-36(49)18-13-31)27-40(39)43(50)33-15-19-37(53-3)20-16-33)23-25-46(45,52)30-48(44(51)47-35-11-7-6-8-12-35)29-34-17-21-38(54-4)28-42(34)55-5/h6-8,10-12,14-17,19-22,27-28,36,41,49,52H,9,13,18,23-26,29-30H2,1-5H3,(H,47,51)/t36-,41-,45-,46+/m0/s1. The highest BCUT2D eigenvalue weighted by molar-refractivity contribution is 6.10. The van der Waals surface area contributed by atoms with Crippen LogP contribution in [0.3, 0.4) is 0 Å². The van der Waals surface area contributed by atoms with E-state index in [0.29, 0.717) is 72.6 Å². The molecule has 4 atom stereocenters. The van der Waals surface area contributed by atoms with Crippen LogP contribution in [0, 0.1) is 5.41 Å². The lowest BCUT2D eigenvalue weighted by Gasteiger charge is -2.46. The number of nitrogens with one attached hydrogen (secondary N) is 1. The fraction of sp³-hybridized carbons (Fsp3) is 0.391. The smallest absolute Gasteiger partial charge is 0.322 e. The molecular formula is C46H54N2O7. The van der Waals surface area contributed by atoms with Crippen molar-refractivity contribution in [3.8, 4) is 17.2 Å². The van der Waals surface area contributed by atoms with Gasteiger partial charge in [0.25, 0.3) is 0 Å². The van der Waals surface area contributed by atoms with E-state index >= 15 is 0 Å². The van der Waals surface area contributed by atoms with Crippen LogP contribution in [-0.2, 0) is 13.0 Å². The molecule has 3 aliphatic rings. The topological polar surface area (TPSA) is 118 Å². The molecular weight excluding hydrogens is 693 g/mol. The summed E-state index contributed by atoms with van der Waals surface area (Å²) in [7, 11) is 4.78. The molecule has 3 N–H and O–H groups in total. The summed E-state index contributed by atoms with van der Waals surface area (Å²) in [5.74, 6) is 1.54. The van der Waals surface area contributed by atoms with Crippen molar-refractivity contribution in [2.45, 2.75) is 83.0 Å². The first-order valence-corrected chi connectivity index (χ1v) is 19.2. The van der Waals surface area contributed by atoms with Gasteiger partial charge in [-0.15, -0.1) is 0 Å². The number of carbonyl (C=O) groups is 2. The summed E-state index contributed by atoms with van der Waals surface area (Å²) in [6.07, 6.45) is 5.80. The second kappa shape index (κ2) is 17.1. The van der Waals surface area contributed by atoms with Gasteiger partial charge in [-0.05, 0) is 124 Å². The van der Waals surface area contributed by atoms with Gasteiger partial charge in [-0.3, -0.25) is 4.79 Å². The maximum Gasteiger partial charge on any atom is 0.322 e. The van der Waals surface area contributed by atoms with Crippen LogP contribution in [0.1, 0.15) is 90.9 Å². The van der Waals surface area contributed by atoms with Gasteiger partial charge in [0.05, 0.1) is 46.1 Å². The van der Waals surface area contributed by atoms with Gasteiger partial charge in [0.1, 0.15) is 17.2 Å². The summed E-state index contributed by atoms with van der Waals surface area (Å²) in [5, 5.41) is 27.2. The number of aliphatic hydroxyl groups excluding tert-OH is 1. The SMILES string of the molecule is COc1ccc(C(=O)c2cc3ccc2[C@@H]2CC[C@@](O)(CN(Cc4ccc(OC)cc4OC)C(=O)Nc4ccccc4)[C@@]2(C)CCC=C(C)CC[C@H](O)C3)cc1. The molecule has 2 amide bonds. The number of aliphatic hydroxyl groups is 2. The number of nitrogens with zero attached hydrogens (tertiary/aromatic N) is 1. The van der Waals surface area contributed by atoms with Crippen LogP contribution in [0.15, 0.2) is 103 Å². The fourth-order valence-electron chi connectivity index (χ4n) is 8.52. The second-order valence-electron chi connectivity index (χ2n) is 15.3. The van der Waals surface area contributed by atoms with Crippen LogP contribution < -0.4 is 19.5 Å². The number of methoxy groups -OCH3 is 3. The molecule has 0 aliphatic heterocycles. The van der Waals surface area contributed by atoms with E-state index in [1.54, 1.807) is 56.6 Å². The zero-order chi connectivity index (χ0) is 39.2. The van der Waals surface area contributed by atoms with Crippen LogP contribution in [0.25, 0.3) is 0 Å². The maximum atomic E-state index is 14.5. The third kappa shape index (κ3) is 8.74. The minimum absolute atomic E-state index is 0.0442. The molecule has 1 saturated carbocycles. The highest BCUT2D eigenvalue weighted by Gasteiger charge is 2.57. The molecule has 3 aliphatic carbocycles. The third-order valence-electron chi connectivity index (χ3n) is 11.9. The largest absolute Gasteiger partial charge is 0.497 e. The van der Waals surface area contributed by atoms with Crippen LogP contribution >= 0.6 is 0 Å². The van der Waals surface area contributed by atoms with Gasteiger partial charge in [-0.1, -0.05) is 48.9 Å². The molecule has 1 fully saturated rings. The molecule has 0 spiro atoms. The molecule has 0 aromatic heterocycles. The minimum Gasteiger partial charge on any atom is -0.497 e. The van der Waals surface area contributed by atoms with Crippen LogP contribution in [-0.4, -0.2) is 66.5 Å². The minimum atomic E-state index is -1.33. The molecule has 9 nitrogen and oxygen atoms in total. The molecule has 4 aromatic carbocycles. The quantitative estimate of drug-likeness (QED) is 0.110. The number of rotatable bonds is 10. The van der Waals surface area contributed by atoms with E-state index in [1.165, 1.54) is 5.57 Å². The molecule has 0 unspecified atom stereocenters. The van der Waals surface area contributed by atoms with Crippen molar-refractivity contribution in [2.24, 2.45) is 5.41 Å². The van der Waals surface area contributed by atoms with E-state index in [2.05, 4.69) is 25.2 Å². The average Bonchev–Trinajstić information content (AvgIpc) is 3.45. The molecule has 4 aromatic rings. The number of para-hydroxylation sites is 1. The van der Waals surface area contributed by atoms with Crippen LogP contribution in [0.5, 0.6) is 17.2 Å². The van der Waals surface area contributed by atoms with E-state index in [4.69, 9.17) is 14.2 Å². The number of fused-ring (bicyclic) bond motifs is 8. The van der Waals surface area contributed by atoms with Gasteiger partial charge >= 0.3 is 6.03 Å². The van der Waals surface area contributed by atoms with Crippen LogP contribution in [0.2, 0.25) is 0 Å². The summed E-state index contributed by atoms with van der Waals surface area (Å²) in [5.41, 5.74) is 3.38. The van der Waals surface area contributed by atoms with Gasteiger partial charge in [0.15, 0.2) is 5.78 Å². The molecule has 0 saturated heterocycles. The van der Waals surface area contributed by atoms with E-state index in [-0.39, 0.29) is 30.8 Å². The Balaban J connectivity index is 1.43. The Morgan fingerprint density at radius 2 is 1.60 bits per heavy atom. The number of amides is 2. The highest BCUT2D eigenvalue weighted by Crippen LogP contribution is 2.59. The van der Waals surface area contributed by atoms with E-state index in [9.17, 15) is 19.8 Å². The summed E-state index contributed by atoms with van der Waals surface area (Å²) in [4.78, 5) is 30.4. The summed E-state index contributed by atoms with van der Waals surface area (Å²) >= 11 is 0.